The molecule has 0 amide bonds. The van der Waals surface area contributed by atoms with Crippen LogP contribution in [0.2, 0.25) is 0 Å². The van der Waals surface area contributed by atoms with Gasteiger partial charge in [0.05, 0.1) is 6.10 Å². The molecular weight excluding hydrogens is 252 g/mol. The van der Waals surface area contributed by atoms with Gasteiger partial charge in [0.2, 0.25) is 10.0 Å². The highest BCUT2D eigenvalue weighted by Gasteiger charge is 2.31. The fraction of sp³-hybridized carbons (Fsp3) is 0.583. The van der Waals surface area contributed by atoms with Gasteiger partial charge in [0.15, 0.2) is 0 Å². The molecule has 0 saturated carbocycles. The molecular formula is C12H18N2O3S. The molecule has 0 aliphatic carbocycles. The summed E-state index contributed by atoms with van der Waals surface area (Å²) >= 11 is 0. The number of rotatable bonds is 3. The van der Waals surface area contributed by atoms with E-state index >= 15 is 0 Å². The summed E-state index contributed by atoms with van der Waals surface area (Å²) in [6, 6.07) is 3.16. The van der Waals surface area contributed by atoms with Gasteiger partial charge in [-0.3, -0.25) is 4.98 Å². The number of pyridine rings is 1. The third kappa shape index (κ3) is 2.71. The maximum absolute atomic E-state index is 12.4. The van der Waals surface area contributed by atoms with Crippen LogP contribution in [-0.4, -0.2) is 42.0 Å². The van der Waals surface area contributed by atoms with E-state index in [0.29, 0.717) is 13.1 Å². The fourth-order valence-corrected chi connectivity index (χ4v) is 3.73. The fourth-order valence-electron chi connectivity index (χ4n) is 2.23. The SMILES string of the molecule is CC(O)C1CCCN(S(=O)(=O)c2cccnc2)C1. The molecule has 1 aromatic rings. The molecule has 1 aromatic heterocycles. The molecule has 1 aliphatic rings. The first kappa shape index (κ1) is 13.5. The predicted octanol–water partition coefficient (Wildman–Crippen LogP) is 0.863. The third-order valence-corrected chi connectivity index (χ3v) is 5.22. The summed E-state index contributed by atoms with van der Waals surface area (Å²) in [6.07, 6.45) is 4.10. The van der Waals surface area contributed by atoms with Crippen LogP contribution in [0.4, 0.5) is 0 Å². The Morgan fingerprint density at radius 2 is 2.33 bits per heavy atom. The molecule has 2 heterocycles. The minimum absolute atomic E-state index is 0.0187. The van der Waals surface area contributed by atoms with Gasteiger partial charge in [0.1, 0.15) is 4.90 Å². The summed E-state index contributed by atoms with van der Waals surface area (Å²) in [6.45, 7) is 2.61. The summed E-state index contributed by atoms with van der Waals surface area (Å²) < 4.78 is 26.2. The first-order valence-electron chi connectivity index (χ1n) is 6.10. The second kappa shape index (κ2) is 5.34. The highest BCUT2D eigenvalue weighted by atomic mass is 32.2. The van der Waals surface area contributed by atoms with E-state index in [1.54, 1.807) is 25.3 Å². The Morgan fingerprint density at radius 1 is 1.56 bits per heavy atom. The van der Waals surface area contributed by atoms with Gasteiger partial charge in [0, 0.05) is 25.5 Å². The predicted molar refractivity (Wildman–Crippen MR) is 67.4 cm³/mol. The zero-order chi connectivity index (χ0) is 13.2. The van der Waals surface area contributed by atoms with Gasteiger partial charge >= 0.3 is 0 Å². The number of hydrogen-bond acceptors (Lipinski definition) is 4. The van der Waals surface area contributed by atoms with Crippen LogP contribution in [0.3, 0.4) is 0 Å². The number of aliphatic hydroxyl groups excluding tert-OH is 1. The zero-order valence-corrected chi connectivity index (χ0v) is 11.2. The lowest BCUT2D eigenvalue weighted by Crippen LogP contribution is -2.42. The standard InChI is InChI=1S/C12H18N2O3S/c1-10(15)11-4-3-7-14(9-11)18(16,17)12-5-2-6-13-8-12/h2,5-6,8,10-11,15H,3-4,7,9H2,1H3. The van der Waals surface area contributed by atoms with Crippen molar-refractivity contribution < 1.29 is 13.5 Å². The lowest BCUT2D eigenvalue weighted by atomic mass is 9.95. The normalized spacial score (nSPS) is 23.8. The van der Waals surface area contributed by atoms with Gasteiger partial charge in [-0.1, -0.05) is 0 Å². The van der Waals surface area contributed by atoms with Gasteiger partial charge in [-0.25, -0.2) is 8.42 Å². The summed E-state index contributed by atoms with van der Waals surface area (Å²) in [5.74, 6) is 0.0187. The first-order chi connectivity index (χ1) is 8.51. The molecule has 0 aromatic carbocycles. The van der Waals surface area contributed by atoms with Crippen LogP contribution >= 0.6 is 0 Å². The smallest absolute Gasteiger partial charge is 0.244 e. The second-order valence-corrected chi connectivity index (χ2v) is 6.63. The van der Waals surface area contributed by atoms with E-state index in [1.807, 2.05) is 0 Å². The molecule has 100 valence electrons. The number of piperidine rings is 1. The van der Waals surface area contributed by atoms with Crippen molar-refractivity contribution in [2.75, 3.05) is 13.1 Å². The quantitative estimate of drug-likeness (QED) is 0.884. The molecule has 1 N–H and O–H groups in total. The minimum atomic E-state index is -3.47. The van der Waals surface area contributed by atoms with Crippen molar-refractivity contribution >= 4 is 10.0 Å². The van der Waals surface area contributed by atoms with E-state index < -0.39 is 16.1 Å². The molecule has 0 bridgehead atoms. The Kier molecular flexibility index (Phi) is 3.99. The van der Waals surface area contributed by atoms with E-state index in [1.165, 1.54) is 10.5 Å². The van der Waals surface area contributed by atoms with Crippen LogP contribution in [0.5, 0.6) is 0 Å². The highest BCUT2D eigenvalue weighted by Crippen LogP contribution is 2.24. The lowest BCUT2D eigenvalue weighted by molar-refractivity contribution is 0.0885. The number of nitrogens with zero attached hydrogens (tertiary/aromatic N) is 2. The van der Waals surface area contributed by atoms with E-state index in [2.05, 4.69) is 4.98 Å². The van der Waals surface area contributed by atoms with Gasteiger partial charge in [-0.2, -0.15) is 4.31 Å². The molecule has 1 aliphatic heterocycles. The Hall–Kier alpha value is -0.980. The Bertz CT molecular complexity index is 487. The molecule has 18 heavy (non-hydrogen) atoms. The molecule has 0 radical (unpaired) electrons. The van der Waals surface area contributed by atoms with E-state index in [4.69, 9.17) is 0 Å². The molecule has 0 spiro atoms. The number of hydrogen-bond donors (Lipinski definition) is 1. The van der Waals surface area contributed by atoms with Crippen LogP contribution in [0.25, 0.3) is 0 Å². The van der Waals surface area contributed by atoms with Crippen molar-refractivity contribution in [3.8, 4) is 0 Å². The molecule has 6 heteroatoms. The molecule has 2 atom stereocenters. The number of aromatic nitrogens is 1. The van der Waals surface area contributed by atoms with Gasteiger partial charge < -0.3 is 5.11 Å². The monoisotopic (exact) mass is 270 g/mol. The van der Waals surface area contributed by atoms with Crippen LogP contribution < -0.4 is 0 Å². The second-order valence-electron chi connectivity index (χ2n) is 4.69. The lowest BCUT2D eigenvalue weighted by Gasteiger charge is -2.33. The topological polar surface area (TPSA) is 70.5 Å². The van der Waals surface area contributed by atoms with E-state index in [9.17, 15) is 13.5 Å². The van der Waals surface area contributed by atoms with Gasteiger partial charge in [-0.15, -0.1) is 0 Å². The van der Waals surface area contributed by atoms with Gasteiger partial charge in [-0.05, 0) is 37.8 Å². The molecule has 1 saturated heterocycles. The third-order valence-electron chi connectivity index (χ3n) is 3.37. The first-order valence-corrected chi connectivity index (χ1v) is 7.54. The van der Waals surface area contributed by atoms with Crippen molar-refractivity contribution in [1.82, 2.24) is 9.29 Å². The molecule has 2 rings (SSSR count). The van der Waals surface area contributed by atoms with E-state index in [-0.39, 0.29) is 10.8 Å². The Labute approximate surface area is 108 Å². The minimum Gasteiger partial charge on any atom is -0.393 e. The average Bonchev–Trinajstić information content (AvgIpc) is 2.40. The summed E-state index contributed by atoms with van der Waals surface area (Å²) in [4.78, 5) is 4.06. The molecule has 5 nitrogen and oxygen atoms in total. The average molecular weight is 270 g/mol. The van der Waals surface area contributed by atoms with Crippen LogP contribution in [0.15, 0.2) is 29.4 Å². The Balaban J connectivity index is 2.21. The largest absolute Gasteiger partial charge is 0.393 e. The van der Waals surface area contributed by atoms with Gasteiger partial charge in [0.25, 0.3) is 0 Å². The van der Waals surface area contributed by atoms with Crippen LogP contribution in [0, 0.1) is 5.92 Å². The number of aliphatic hydroxyl groups is 1. The summed E-state index contributed by atoms with van der Waals surface area (Å²) in [5, 5.41) is 9.60. The van der Waals surface area contributed by atoms with Crippen LogP contribution in [0.1, 0.15) is 19.8 Å². The van der Waals surface area contributed by atoms with Crippen molar-refractivity contribution in [1.29, 1.82) is 0 Å². The van der Waals surface area contributed by atoms with E-state index in [0.717, 1.165) is 12.8 Å². The molecule has 1 fully saturated rings. The number of sulfonamides is 1. The summed E-state index contributed by atoms with van der Waals surface area (Å²) in [7, 11) is -3.47. The molecule has 2 unspecified atom stereocenters. The maximum Gasteiger partial charge on any atom is 0.244 e. The van der Waals surface area contributed by atoms with Crippen molar-refractivity contribution in [3.05, 3.63) is 24.5 Å². The Morgan fingerprint density at radius 3 is 2.94 bits per heavy atom. The summed E-state index contributed by atoms with van der Waals surface area (Å²) in [5.41, 5.74) is 0. The van der Waals surface area contributed by atoms with Crippen molar-refractivity contribution in [3.63, 3.8) is 0 Å². The zero-order valence-electron chi connectivity index (χ0n) is 10.4. The van der Waals surface area contributed by atoms with Crippen molar-refractivity contribution in [2.24, 2.45) is 5.92 Å². The van der Waals surface area contributed by atoms with Crippen LogP contribution in [-0.2, 0) is 10.0 Å². The highest BCUT2D eigenvalue weighted by molar-refractivity contribution is 7.89. The van der Waals surface area contributed by atoms with Crippen molar-refractivity contribution in [2.45, 2.75) is 30.8 Å². The maximum atomic E-state index is 12.4.